The number of allylic oxidation sites excluding steroid dienone is 3. The van der Waals surface area contributed by atoms with E-state index in [2.05, 4.69) is 26.8 Å². The van der Waals surface area contributed by atoms with Gasteiger partial charge in [-0.1, -0.05) is 38.3 Å². The molecule has 0 radical (unpaired) electrons. The van der Waals surface area contributed by atoms with Crippen molar-refractivity contribution in [1.82, 2.24) is 0 Å². The smallest absolute Gasteiger partial charge is 0.0631 e. The van der Waals surface area contributed by atoms with Gasteiger partial charge in [0.2, 0.25) is 0 Å². The summed E-state index contributed by atoms with van der Waals surface area (Å²) in [5.74, 6) is 0. The van der Waals surface area contributed by atoms with Crippen LogP contribution >= 0.6 is 0 Å². The summed E-state index contributed by atoms with van der Waals surface area (Å²) in [4.78, 5) is 0. The second-order valence-electron chi connectivity index (χ2n) is 6.65. The van der Waals surface area contributed by atoms with Crippen LogP contribution in [0.15, 0.2) is 22.8 Å². The lowest BCUT2D eigenvalue weighted by Crippen LogP contribution is -2.40. The van der Waals surface area contributed by atoms with Crippen LogP contribution in [-0.2, 0) is 0 Å². The molecule has 2 atom stereocenters. The number of fused-ring (bicyclic) bond motifs is 1. The standard InChI is InChI=1S/C18H30O/c1-4-5-6-7-9-15-12-13-18(3)16(14(15)2)10-8-11-17(18)19/h9,17,19H,4-8,10-13H2,1-3H3/b15-9+/t17-,18-/m0/s1. The van der Waals surface area contributed by atoms with E-state index in [-0.39, 0.29) is 11.5 Å². The van der Waals surface area contributed by atoms with Crippen molar-refractivity contribution in [3.05, 3.63) is 22.8 Å². The van der Waals surface area contributed by atoms with Crippen molar-refractivity contribution in [2.45, 2.75) is 84.7 Å². The average molecular weight is 262 g/mol. The number of unbranched alkanes of at least 4 members (excludes halogenated alkanes) is 3. The van der Waals surface area contributed by atoms with Crippen molar-refractivity contribution in [3.63, 3.8) is 0 Å². The predicted molar refractivity (Wildman–Crippen MR) is 82.1 cm³/mol. The van der Waals surface area contributed by atoms with Crippen molar-refractivity contribution in [3.8, 4) is 0 Å². The first-order valence-electron chi connectivity index (χ1n) is 8.17. The number of hydrogen-bond donors (Lipinski definition) is 1. The van der Waals surface area contributed by atoms with Gasteiger partial charge in [0.25, 0.3) is 0 Å². The summed E-state index contributed by atoms with van der Waals surface area (Å²) in [5, 5.41) is 10.4. The van der Waals surface area contributed by atoms with E-state index in [9.17, 15) is 5.11 Å². The highest BCUT2D eigenvalue weighted by Crippen LogP contribution is 2.50. The molecule has 2 aliphatic carbocycles. The third-order valence-corrected chi connectivity index (χ3v) is 5.38. The van der Waals surface area contributed by atoms with Gasteiger partial charge in [-0.15, -0.1) is 0 Å². The van der Waals surface area contributed by atoms with E-state index in [1.165, 1.54) is 37.7 Å². The molecule has 0 saturated heterocycles. The second kappa shape index (κ2) is 6.26. The minimum absolute atomic E-state index is 0.0725. The first kappa shape index (κ1) is 14.8. The lowest BCUT2D eigenvalue weighted by atomic mass is 9.61. The Kier molecular flexibility index (Phi) is 4.89. The average Bonchev–Trinajstić information content (AvgIpc) is 2.40. The van der Waals surface area contributed by atoms with Crippen molar-refractivity contribution in [1.29, 1.82) is 0 Å². The van der Waals surface area contributed by atoms with E-state index in [1.807, 2.05) is 0 Å². The van der Waals surface area contributed by atoms with Crippen LogP contribution in [0.2, 0.25) is 0 Å². The van der Waals surface area contributed by atoms with Crippen LogP contribution in [0.5, 0.6) is 0 Å². The molecule has 1 heteroatoms. The lowest BCUT2D eigenvalue weighted by molar-refractivity contribution is 0.0278. The van der Waals surface area contributed by atoms with E-state index < -0.39 is 0 Å². The minimum atomic E-state index is -0.118. The Hall–Kier alpha value is -0.560. The first-order chi connectivity index (χ1) is 9.09. The van der Waals surface area contributed by atoms with Gasteiger partial charge in [-0.25, -0.2) is 0 Å². The molecule has 0 aliphatic heterocycles. The maximum absolute atomic E-state index is 10.4. The molecule has 0 unspecified atom stereocenters. The minimum Gasteiger partial charge on any atom is -0.392 e. The normalized spacial score (nSPS) is 33.7. The van der Waals surface area contributed by atoms with Crippen molar-refractivity contribution < 1.29 is 5.11 Å². The largest absolute Gasteiger partial charge is 0.392 e. The summed E-state index contributed by atoms with van der Waals surface area (Å²) in [6, 6.07) is 0. The van der Waals surface area contributed by atoms with Crippen LogP contribution in [0.4, 0.5) is 0 Å². The molecule has 1 fully saturated rings. The first-order valence-corrected chi connectivity index (χ1v) is 8.17. The van der Waals surface area contributed by atoms with Gasteiger partial charge in [0, 0.05) is 5.41 Å². The predicted octanol–water partition coefficient (Wildman–Crippen LogP) is 5.15. The maximum Gasteiger partial charge on any atom is 0.0631 e. The molecule has 0 heterocycles. The van der Waals surface area contributed by atoms with Crippen LogP contribution in [0.3, 0.4) is 0 Å². The fourth-order valence-corrected chi connectivity index (χ4v) is 3.91. The van der Waals surface area contributed by atoms with Gasteiger partial charge in [0.15, 0.2) is 0 Å². The highest BCUT2D eigenvalue weighted by molar-refractivity contribution is 5.41. The zero-order valence-electron chi connectivity index (χ0n) is 13.0. The molecule has 2 aliphatic rings. The fourth-order valence-electron chi connectivity index (χ4n) is 3.91. The van der Waals surface area contributed by atoms with Crippen LogP contribution in [0.1, 0.15) is 78.6 Å². The van der Waals surface area contributed by atoms with Crippen LogP contribution in [0.25, 0.3) is 0 Å². The molecule has 0 aromatic carbocycles. The third-order valence-electron chi connectivity index (χ3n) is 5.38. The summed E-state index contributed by atoms with van der Waals surface area (Å²) in [6.07, 6.45) is 13.2. The zero-order valence-corrected chi connectivity index (χ0v) is 13.0. The van der Waals surface area contributed by atoms with Gasteiger partial charge in [0.05, 0.1) is 6.10 Å². The number of rotatable bonds is 4. The number of aliphatic hydroxyl groups excluding tert-OH is 1. The topological polar surface area (TPSA) is 20.2 Å². The molecular weight excluding hydrogens is 232 g/mol. The van der Waals surface area contributed by atoms with Crippen molar-refractivity contribution >= 4 is 0 Å². The molecule has 19 heavy (non-hydrogen) atoms. The van der Waals surface area contributed by atoms with Gasteiger partial charge in [-0.05, 0) is 63.0 Å². The van der Waals surface area contributed by atoms with Gasteiger partial charge < -0.3 is 5.11 Å². The van der Waals surface area contributed by atoms with E-state index in [1.54, 1.807) is 11.1 Å². The highest BCUT2D eigenvalue weighted by atomic mass is 16.3. The lowest BCUT2D eigenvalue weighted by Gasteiger charge is -2.45. The monoisotopic (exact) mass is 262 g/mol. The van der Waals surface area contributed by atoms with Gasteiger partial charge in [0.1, 0.15) is 0 Å². The van der Waals surface area contributed by atoms with Crippen molar-refractivity contribution in [2.24, 2.45) is 5.41 Å². The van der Waals surface area contributed by atoms with Crippen LogP contribution in [-0.4, -0.2) is 11.2 Å². The molecule has 0 spiro atoms. The third kappa shape index (κ3) is 2.97. The van der Waals surface area contributed by atoms with Crippen LogP contribution in [0, 0.1) is 5.41 Å². The molecular formula is C18H30O. The van der Waals surface area contributed by atoms with Crippen LogP contribution < -0.4 is 0 Å². The number of hydrogen-bond acceptors (Lipinski definition) is 1. The molecule has 0 bridgehead atoms. The van der Waals surface area contributed by atoms with E-state index in [0.29, 0.717) is 0 Å². The second-order valence-corrected chi connectivity index (χ2v) is 6.65. The molecule has 1 saturated carbocycles. The molecule has 0 aromatic heterocycles. The SMILES string of the molecule is CCCCC/C=C1\CC[C@@]2(C)C(=C1C)CCC[C@@H]2O. The summed E-state index contributed by atoms with van der Waals surface area (Å²) in [6.45, 7) is 6.83. The molecule has 108 valence electrons. The molecule has 0 amide bonds. The quantitative estimate of drug-likeness (QED) is 0.694. The van der Waals surface area contributed by atoms with E-state index in [4.69, 9.17) is 0 Å². The Morgan fingerprint density at radius 1 is 1.32 bits per heavy atom. The van der Waals surface area contributed by atoms with Gasteiger partial charge in [-0.2, -0.15) is 0 Å². The number of aliphatic hydroxyl groups is 1. The Bertz CT molecular complexity index is 377. The Labute approximate surface area is 118 Å². The van der Waals surface area contributed by atoms with E-state index >= 15 is 0 Å². The Balaban J connectivity index is 2.14. The van der Waals surface area contributed by atoms with Gasteiger partial charge >= 0.3 is 0 Å². The Morgan fingerprint density at radius 3 is 2.84 bits per heavy atom. The highest BCUT2D eigenvalue weighted by Gasteiger charge is 2.42. The molecule has 1 N–H and O–H groups in total. The fraction of sp³-hybridized carbons (Fsp3) is 0.778. The van der Waals surface area contributed by atoms with E-state index in [0.717, 1.165) is 25.7 Å². The van der Waals surface area contributed by atoms with Gasteiger partial charge in [-0.3, -0.25) is 0 Å². The molecule has 0 aromatic rings. The summed E-state index contributed by atoms with van der Waals surface area (Å²) >= 11 is 0. The van der Waals surface area contributed by atoms with Crippen molar-refractivity contribution in [2.75, 3.05) is 0 Å². The summed E-state index contributed by atoms with van der Waals surface area (Å²) in [5.41, 5.74) is 4.70. The maximum atomic E-state index is 10.4. The summed E-state index contributed by atoms with van der Waals surface area (Å²) < 4.78 is 0. The summed E-state index contributed by atoms with van der Waals surface area (Å²) in [7, 11) is 0. The molecule has 2 rings (SSSR count). The molecule has 1 nitrogen and oxygen atoms in total. The zero-order chi connectivity index (χ0) is 13.9. The Morgan fingerprint density at radius 2 is 2.11 bits per heavy atom.